The maximum atomic E-state index is 6.51. The zero-order valence-corrected chi connectivity index (χ0v) is 30.8. The molecule has 0 atom stereocenters. The van der Waals surface area contributed by atoms with Crippen LogP contribution in [0.4, 0.5) is 0 Å². The van der Waals surface area contributed by atoms with Crippen LogP contribution in [-0.2, 0) is 0 Å². The van der Waals surface area contributed by atoms with E-state index in [1.807, 2.05) is 48.5 Å². The summed E-state index contributed by atoms with van der Waals surface area (Å²) in [6.45, 7) is 0. The summed E-state index contributed by atoms with van der Waals surface area (Å²) in [6.07, 6.45) is 0. The lowest BCUT2D eigenvalue weighted by molar-refractivity contribution is 0.669. The first-order valence-electron chi connectivity index (χ1n) is 19.2. The molecule has 0 aliphatic carbocycles. The first-order valence-corrected chi connectivity index (χ1v) is 19.2. The van der Waals surface area contributed by atoms with Gasteiger partial charge < -0.3 is 4.42 Å². The highest BCUT2D eigenvalue weighted by molar-refractivity contribution is 6.15. The smallest absolute Gasteiger partial charge is 0.164 e. The molecular formula is C53H33N3O. The highest BCUT2D eigenvalue weighted by Crippen LogP contribution is 2.40. The summed E-state index contributed by atoms with van der Waals surface area (Å²) in [5.74, 6) is 1.82. The van der Waals surface area contributed by atoms with Crippen molar-refractivity contribution in [2.24, 2.45) is 0 Å². The highest BCUT2D eigenvalue weighted by atomic mass is 16.3. The van der Waals surface area contributed by atoms with Gasteiger partial charge in [0.2, 0.25) is 0 Å². The van der Waals surface area contributed by atoms with Gasteiger partial charge in [0.25, 0.3) is 0 Å². The predicted molar refractivity (Wildman–Crippen MR) is 235 cm³/mol. The van der Waals surface area contributed by atoms with Crippen molar-refractivity contribution in [1.82, 2.24) is 15.0 Å². The van der Waals surface area contributed by atoms with Crippen molar-refractivity contribution < 1.29 is 4.42 Å². The number of hydrogen-bond acceptors (Lipinski definition) is 4. The van der Waals surface area contributed by atoms with Crippen molar-refractivity contribution in [2.75, 3.05) is 0 Å². The standard InChI is InChI=1S/C53H33N3O/c1-3-14-34(15-4-1)36-19-12-22-41(31-36)52-54-51(35-16-5-2-6-17-35)55-53(56-52)45-26-13-27-49-50(45)47-32-38(28-29-48(47)57-49)37-20-11-21-39(30-37)46-33-40-18-7-8-23-42(40)43-24-9-10-25-44(43)46/h1-33H. The topological polar surface area (TPSA) is 51.8 Å². The number of benzene rings is 9. The van der Waals surface area contributed by atoms with Gasteiger partial charge in [0.15, 0.2) is 17.5 Å². The molecular weight excluding hydrogens is 695 g/mol. The third-order valence-electron chi connectivity index (χ3n) is 10.9. The van der Waals surface area contributed by atoms with Gasteiger partial charge in [0.05, 0.1) is 0 Å². The lowest BCUT2D eigenvalue weighted by Gasteiger charge is -2.12. The maximum absolute atomic E-state index is 6.51. The first kappa shape index (κ1) is 32.7. The van der Waals surface area contributed by atoms with Gasteiger partial charge in [0, 0.05) is 27.5 Å². The van der Waals surface area contributed by atoms with Gasteiger partial charge in [-0.1, -0.05) is 164 Å². The largest absolute Gasteiger partial charge is 0.456 e. The van der Waals surface area contributed by atoms with Gasteiger partial charge in [-0.15, -0.1) is 0 Å². The van der Waals surface area contributed by atoms with E-state index in [0.29, 0.717) is 17.5 Å². The summed E-state index contributed by atoms with van der Waals surface area (Å²) in [4.78, 5) is 15.3. The van der Waals surface area contributed by atoms with Crippen molar-refractivity contribution in [3.05, 3.63) is 200 Å². The molecule has 9 aromatic carbocycles. The van der Waals surface area contributed by atoms with E-state index in [2.05, 4.69) is 152 Å². The van der Waals surface area contributed by atoms with E-state index in [1.165, 1.54) is 32.7 Å². The fourth-order valence-corrected chi connectivity index (χ4v) is 8.16. The lowest BCUT2D eigenvalue weighted by Crippen LogP contribution is -2.00. The van der Waals surface area contributed by atoms with Crippen molar-refractivity contribution >= 4 is 43.5 Å². The molecule has 0 fully saturated rings. The highest BCUT2D eigenvalue weighted by Gasteiger charge is 2.19. The Morgan fingerprint density at radius 3 is 1.65 bits per heavy atom. The van der Waals surface area contributed by atoms with Crippen molar-refractivity contribution in [1.29, 1.82) is 0 Å². The maximum Gasteiger partial charge on any atom is 0.164 e. The van der Waals surface area contributed by atoms with Gasteiger partial charge >= 0.3 is 0 Å². The SMILES string of the molecule is c1ccc(-c2cccc(-c3nc(-c4ccccc4)nc(-c4cccc5oc6ccc(-c7cccc(-c8cc9ccccc9c9ccccc89)c7)cc6c45)n3)c2)cc1. The molecule has 0 spiro atoms. The van der Waals surface area contributed by atoms with E-state index >= 15 is 0 Å². The van der Waals surface area contributed by atoms with Crippen LogP contribution in [0.25, 0.3) is 111 Å². The molecule has 2 heterocycles. The summed E-state index contributed by atoms with van der Waals surface area (Å²) in [5.41, 5.74) is 11.2. The van der Waals surface area contributed by atoms with Gasteiger partial charge in [-0.2, -0.15) is 0 Å². The van der Waals surface area contributed by atoms with Crippen molar-refractivity contribution in [3.63, 3.8) is 0 Å². The Labute approximate surface area is 329 Å². The van der Waals surface area contributed by atoms with Gasteiger partial charge in [0.1, 0.15) is 11.2 Å². The molecule has 4 nitrogen and oxygen atoms in total. The number of furan rings is 1. The van der Waals surface area contributed by atoms with E-state index in [-0.39, 0.29) is 0 Å². The Hall–Kier alpha value is -7.69. The first-order chi connectivity index (χ1) is 28.2. The average Bonchev–Trinajstić information content (AvgIpc) is 3.68. The minimum absolute atomic E-state index is 0.591. The molecule has 0 aliphatic heterocycles. The zero-order valence-electron chi connectivity index (χ0n) is 30.8. The van der Waals surface area contributed by atoms with E-state index in [1.54, 1.807) is 0 Å². The molecule has 0 bridgehead atoms. The van der Waals surface area contributed by atoms with Gasteiger partial charge in [-0.05, 0) is 91.3 Å². The Morgan fingerprint density at radius 1 is 0.281 bits per heavy atom. The summed E-state index contributed by atoms with van der Waals surface area (Å²) in [5, 5.41) is 6.98. The van der Waals surface area contributed by atoms with Crippen molar-refractivity contribution in [2.45, 2.75) is 0 Å². The molecule has 4 heteroatoms. The second-order valence-corrected chi connectivity index (χ2v) is 14.4. The number of hydrogen-bond donors (Lipinski definition) is 0. The molecule has 0 saturated carbocycles. The molecule has 0 radical (unpaired) electrons. The Morgan fingerprint density at radius 2 is 0.842 bits per heavy atom. The molecule has 0 saturated heterocycles. The summed E-state index contributed by atoms with van der Waals surface area (Å²) in [6, 6.07) is 70.0. The molecule has 57 heavy (non-hydrogen) atoms. The van der Waals surface area contributed by atoms with Crippen LogP contribution in [0, 0.1) is 0 Å². The Kier molecular flexibility index (Phi) is 7.78. The summed E-state index contributed by atoms with van der Waals surface area (Å²) < 4.78 is 6.51. The number of fused-ring (bicyclic) bond motifs is 6. The third-order valence-corrected chi connectivity index (χ3v) is 10.9. The molecule has 0 amide bonds. The van der Waals surface area contributed by atoms with E-state index in [4.69, 9.17) is 19.4 Å². The van der Waals surface area contributed by atoms with Crippen LogP contribution in [-0.4, -0.2) is 15.0 Å². The minimum atomic E-state index is 0.591. The molecule has 11 rings (SSSR count). The fourth-order valence-electron chi connectivity index (χ4n) is 8.16. The molecule has 11 aromatic rings. The van der Waals surface area contributed by atoms with E-state index < -0.39 is 0 Å². The molecule has 2 aromatic heterocycles. The lowest BCUT2D eigenvalue weighted by atomic mass is 9.91. The molecule has 266 valence electrons. The molecule has 0 unspecified atom stereocenters. The van der Waals surface area contributed by atoms with Crippen LogP contribution in [0.1, 0.15) is 0 Å². The van der Waals surface area contributed by atoms with Crippen LogP contribution < -0.4 is 0 Å². The van der Waals surface area contributed by atoms with Crippen LogP contribution in [0.2, 0.25) is 0 Å². The van der Waals surface area contributed by atoms with Crippen LogP contribution >= 0.6 is 0 Å². The third kappa shape index (κ3) is 5.83. The van der Waals surface area contributed by atoms with Crippen molar-refractivity contribution in [3.8, 4) is 67.5 Å². The van der Waals surface area contributed by atoms with E-state index in [9.17, 15) is 0 Å². The molecule has 0 aliphatic rings. The fraction of sp³-hybridized carbons (Fsp3) is 0. The van der Waals surface area contributed by atoms with Gasteiger partial charge in [-0.3, -0.25) is 0 Å². The minimum Gasteiger partial charge on any atom is -0.456 e. The number of rotatable bonds is 6. The normalized spacial score (nSPS) is 11.5. The zero-order chi connectivity index (χ0) is 37.7. The monoisotopic (exact) mass is 727 g/mol. The van der Waals surface area contributed by atoms with Crippen LogP contribution in [0.3, 0.4) is 0 Å². The van der Waals surface area contributed by atoms with Crippen LogP contribution in [0.15, 0.2) is 205 Å². The summed E-state index contributed by atoms with van der Waals surface area (Å²) in [7, 11) is 0. The number of aromatic nitrogens is 3. The Bertz CT molecular complexity index is 3300. The van der Waals surface area contributed by atoms with E-state index in [0.717, 1.165) is 60.9 Å². The van der Waals surface area contributed by atoms with Gasteiger partial charge in [-0.25, -0.2) is 15.0 Å². The quantitative estimate of drug-likeness (QED) is 0.160. The Balaban J connectivity index is 1.06. The number of nitrogens with zero attached hydrogens (tertiary/aromatic N) is 3. The second-order valence-electron chi connectivity index (χ2n) is 14.4. The molecule has 0 N–H and O–H groups in total. The average molecular weight is 728 g/mol. The predicted octanol–water partition coefficient (Wildman–Crippen LogP) is 14.1. The summed E-state index contributed by atoms with van der Waals surface area (Å²) >= 11 is 0. The van der Waals surface area contributed by atoms with Crippen LogP contribution in [0.5, 0.6) is 0 Å². The second kappa shape index (κ2) is 13.6.